The summed E-state index contributed by atoms with van der Waals surface area (Å²) in [4.78, 5) is 31.5. The summed E-state index contributed by atoms with van der Waals surface area (Å²) in [6.45, 7) is 8.78. The Hall–Kier alpha value is -1.10. The van der Waals surface area contributed by atoms with E-state index in [-0.39, 0.29) is 11.8 Å². The molecule has 4 rings (SSSR count). The molecule has 3 heterocycles. The first kappa shape index (κ1) is 21.1. The molecular weight excluding hydrogens is 362 g/mol. The maximum absolute atomic E-state index is 13.1. The van der Waals surface area contributed by atoms with Crippen LogP contribution in [0, 0.1) is 17.3 Å². The van der Waals surface area contributed by atoms with Crippen molar-refractivity contribution in [2.75, 3.05) is 45.8 Å². The van der Waals surface area contributed by atoms with Gasteiger partial charge in [0, 0.05) is 51.0 Å². The van der Waals surface area contributed by atoms with E-state index in [9.17, 15) is 9.59 Å². The maximum atomic E-state index is 13.1. The zero-order valence-electron chi connectivity index (χ0n) is 18.5. The monoisotopic (exact) mass is 403 g/mol. The van der Waals surface area contributed by atoms with Crippen molar-refractivity contribution in [1.29, 1.82) is 0 Å². The topological polar surface area (TPSA) is 43.9 Å². The molecule has 0 bridgehead atoms. The van der Waals surface area contributed by atoms with E-state index >= 15 is 0 Å². The highest BCUT2D eigenvalue weighted by molar-refractivity contribution is 5.80. The van der Waals surface area contributed by atoms with Crippen molar-refractivity contribution in [1.82, 2.24) is 14.7 Å². The van der Waals surface area contributed by atoms with Crippen molar-refractivity contribution in [3.8, 4) is 0 Å². The normalized spacial score (nSPS) is 30.2. The fourth-order valence-electron chi connectivity index (χ4n) is 6.50. The second-order valence-corrected chi connectivity index (χ2v) is 10.5. The van der Waals surface area contributed by atoms with Gasteiger partial charge in [-0.15, -0.1) is 0 Å². The van der Waals surface area contributed by atoms with Crippen LogP contribution >= 0.6 is 0 Å². The van der Waals surface area contributed by atoms with E-state index in [0.29, 0.717) is 11.3 Å². The molecule has 1 aliphatic carbocycles. The fraction of sp³-hybridized carbons (Fsp3) is 0.917. The largest absolute Gasteiger partial charge is 0.343 e. The number of nitrogens with zero attached hydrogens (tertiary/aromatic N) is 3. The predicted octanol–water partition coefficient (Wildman–Crippen LogP) is 3.53. The van der Waals surface area contributed by atoms with Crippen LogP contribution in [0.3, 0.4) is 0 Å². The second-order valence-electron chi connectivity index (χ2n) is 10.5. The summed E-state index contributed by atoms with van der Waals surface area (Å²) >= 11 is 0. The quantitative estimate of drug-likeness (QED) is 0.721. The first-order valence-electron chi connectivity index (χ1n) is 12.3. The van der Waals surface area contributed by atoms with Crippen molar-refractivity contribution >= 4 is 11.8 Å². The molecule has 0 radical (unpaired) electrons. The molecule has 0 aromatic rings. The number of amides is 2. The van der Waals surface area contributed by atoms with Gasteiger partial charge in [-0.25, -0.2) is 0 Å². The van der Waals surface area contributed by atoms with Crippen LogP contribution in [0.5, 0.6) is 0 Å². The third-order valence-corrected chi connectivity index (χ3v) is 8.36. The van der Waals surface area contributed by atoms with Gasteiger partial charge in [-0.2, -0.15) is 0 Å². The molecule has 0 aromatic carbocycles. The van der Waals surface area contributed by atoms with E-state index in [2.05, 4.69) is 9.80 Å². The van der Waals surface area contributed by atoms with Crippen LogP contribution in [0.4, 0.5) is 0 Å². The summed E-state index contributed by atoms with van der Waals surface area (Å²) in [6.07, 6.45) is 14.1. The number of hydrogen-bond acceptors (Lipinski definition) is 3. The fourth-order valence-corrected chi connectivity index (χ4v) is 6.50. The molecule has 4 aliphatic rings. The van der Waals surface area contributed by atoms with Gasteiger partial charge in [-0.05, 0) is 57.5 Å². The zero-order valence-corrected chi connectivity index (χ0v) is 18.5. The lowest BCUT2D eigenvalue weighted by Crippen LogP contribution is -2.47. The van der Waals surface area contributed by atoms with E-state index < -0.39 is 0 Å². The van der Waals surface area contributed by atoms with Crippen LogP contribution in [0.1, 0.15) is 77.6 Å². The molecule has 0 N–H and O–H groups in total. The number of carbonyl (C=O) groups is 2. The van der Waals surface area contributed by atoms with Gasteiger partial charge in [0.2, 0.25) is 11.8 Å². The van der Waals surface area contributed by atoms with E-state index in [0.717, 1.165) is 44.9 Å². The summed E-state index contributed by atoms with van der Waals surface area (Å²) < 4.78 is 0. The number of hydrogen-bond donors (Lipinski definition) is 0. The zero-order chi connectivity index (χ0) is 20.3. The summed E-state index contributed by atoms with van der Waals surface area (Å²) in [5.74, 6) is 1.60. The molecule has 4 fully saturated rings. The lowest BCUT2D eigenvalue weighted by molar-refractivity contribution is -0.139. The molecule has 2 amide bonds. The highest BCUT2D eigenvalue weighted by Crippen LogP contribution is 2.40. The molecule has 0 unspecified atom stereocenters. The molecule has 3 aliphatic heterocycles. The first-order valence-corrected chi connectivity index (χ1v) is 12.3. The molecule has 1 saturated carbocycles. The maximum Gasteiger partial charge on any atom is 0.225 e. The number of carbonyl (C=O) groups excluding carboxylic acids is 2. The Labute approximate surface area is 177 Å². The minimum atomic E-state index is 0.131. The smallest absolute Gasteiger partial charge is 0.225 e. The van der Waals surface area contributed by atoms with E-state index in [1.54, 1.807) is 6.92 Å². The third-order valence-electron chi connectivity index (χ3n) is 8.36. The average Bonchev–Trinajstić information content (AvgIpc) is 3.15. The SMILES string of the molecule is CC(=O)N1CCC(C(=O)N2CC[C@]3(CCCN(CCC4CCCCC4)C3)C2)CC1. The lowest BCUT2D eigenvalue weighted by Gasteiger charge is -2.41. The molecule has 0 aromatic heterocycles. The Kier molecular flexibility index (Phi) is 6.83. The van der Waals surface area contributed by atoms with Crippen molar-refractivity contribution in [2.24, 2.45) is 17.3 Å². The second kappa shape index (κ2) is 9.36. The molecule has 1 spiro atoms. The summed E-state index contributed by atoms with van der Waals surface area (Å²) in [5.41, 5.74) is 0.348. The number of piperidine rings is 2. The van der Waals surface area contributed by atoms with Crippen molar-refractivity contribution < 1.29 is 9.59 Å². The standard InChI is InChI=1S/C24H41N3O2/c1-20(28)26-15-9-22(10-16-26)23(29)27-17-12-24(19-27)11-5-13-25(18-24)14-8-21-6-3-2-4-7-21/h21-22H,2-19H2,1H3/t24-/m0/s1. The highest BCUT2D eigenvalue weighted by atomic mass is 16.2. The number of rotatable bonds is 4. The van der Waals surface area contributed by atoms with Crippen LogP contribution in [0.2, 0.25) is 0 Å². The average molecular weight is 404 g/mol. The Balaban J connectivity index is 1.25. The van der Waals surface area contributed by atoms with Gasteiger partial charge < -0.3 is 14.7 Å². The Morgan fingerprint density at radius 2 is 1.59 bits per heavy atom. The molecule has 29 heavy (non-hydrogen) atoms. The van der Waals surface area contributed by atoms with Gasteiger partial charge in [0.05, 0.1) is 0 Å². The van der Waals surface area contributed by atoms with Gasteiger partial charge in [0.25, 0.3) is 0 Å². The van der Waals surface area contributed by atoms with Crippen LogP contribution in [0.15, 0.2) is 0 Å². The minimum absolute atomic E-state index is 0.131. The number of likely N-dealkylation sites (tertiary alicyclic amines) is 3. The molecule has 1 atom stereocenters. The third kappa shape index (κ3) is 5.15. The van der Waals surface area contributed by atoms with Crippen LogP contribution < -0.4 is 0 Å². The van der Waals surface area contributed by atoms with Gasteiger partial charge in [-0.3, -0.25) is 9.59 Å². The van der Waals surface area contributed by atoms with E-state index in [1.165, 1.54) is 77.4 Å². The van der Waals surface area contributed by atoms with Crippen molar-refractivity contribution in [3.05, 3.63) is 0 Å². The molecule has 5 heteroatoms. The Morgan fingerprint density at radius 1 is 0.828 bits per heavy atom. The van der Waals surface area contributed by atoms with Crippen LogP contribution in [-0.4, -0.2) is 72.3 Å². The van der Waals surface area contributed by atoms with Gasteiger partial charge in [0.15, 0.2) is 0 Å². The predicted molar refractivity (Wildman–Crippen MR) is 115 cm³/mol. The van der Waals surface area contributed by atoms with Crippen LogP contribution in [-0.2, 0) is 9.59 Å². The highest BCUT2D eigenvalue weighted by Gasteiger charge is 2.44. The first-order chi connectivity index (χ1) is 14.0. The van der Waals surface area contributed by atoms with Crippen molar-refractivity contribution in [2.45, 2.75) is 77.6 Å². The summed E-state index contributed by atoms with van der Waals surface area (Å²) in [7, 11) is 0. The van der Waals surface area contributed by atoms with E-state index in [1.807, 2.05) is 4.90 Å². The minimum Gasteiger partial charge on any atom is -0.343 e. The molecular formula is C24H41N3O2. The summed E-state index contributed by atoms with van der Waals surface area (Å²) in [6, 6.07) is 0. The molecule has 5 nitrogen and oxygen atoms in total. The molecule has 3 saturated heterocycles. The van der Waals surface area contributed by atoms with Crippen molar-refractivity contribution in [3.63, 3.8) is 0 Å². The molecule has 164 valence electrons. The van der Waals surface area contributed by atoms with Crippen LogP contribution in [0.25, 0.3) is 0 Å². The van der Waals surface area contributed by atoms with E-state index in [4.69, 9.17) is 0 Å². The Bertz CT molecular complexity index is 581. The van der Waals surface area contributed by atoms with Gasteiger partial charge in [-0.1, -0.05) is 32.1 Å². The Morgan fingerprint density at radius 3 is 2.31 bits per heavy atom. The van der Waals surface area contributed by atoms with Gasteiger partial charge in [0.1, 0.15) is 0 Å². The summed E-state index contributed by atoms with van der Waals surface area (Å²) in [5, 5.41) is 0. The lowest BCUT2D eigenvalue weighted by atomic mass is 9.79. The van der Waals surface area contributed by atoms with Gasteiger partial charge >= 0.3 is 0 Å².